The van der Waals surface area contributed by atoms with Crippen molar-refractivity contribution in [2.75, 3.05) is 19.6 Å². The highest BCUT2D eigenvalue weighted by Crippen LogP contribution is 2.18. The molecule has 1 saturated heterocycles. The predicted octanol–water partition coefficient (Wildman–Crippen LogP) is 1.51. The Morgan fingerprint density at radius 2 is 1.90 bits per heavy atom. The van der Waals surface area contributed by atoms with Crippen molar-refractivity contribution >= 4 is 11.8 Å². The van der Waals surface area contributed by atoms with Gasteiger partial charge in [-0.05, 0) is 37.6 Å². The van der Waals surface area contributed by atoms with E-state index in [0.717, 1.165) is 32.4 Å². The van der Waals surface area contributed by atoms with E-state index in [4.69, 9.17) is 5.73 Å². The minimum absolute atomic E-state index is 0.0971. The van der Waals surface area contributed by atoms with Gasteiger partial charge in [0, 0.05) is 32.0 Å². The molecular formula is C16H31N3O2. The van der Waals surface area contributed by atoms with Crippen LogP contribution in [0.1, 0.15) is 52.9 Å². The second-order valence-corrected chi connectivity index (χ2v) is 6.51. The highest BCUT2D eigenvalue weighted by atomic mass is 16.2. The lowest BCUT2D eigenvalue weighted by atomic mass is 9.93. The van der Waals surface area contributed by atoms with Gasteiger partial charge in [-0.2, -0.15) is 0 Å². The van der Waals surface area contributed by atoms with Crippen LogP contribution in [0.5, 0.6) is 0 Å². The molecule has 0 radical (unpaired) electrons. The van der Waals surface area contributed by atoms with Crippen LogP contribution in [0.2, 0.25) is 0 Å². The van der Waals surface area contributed by atoms with Crippen LogP contribution >= 0.6 is 0 Å². The Labute approximate surface area is 128 Å². The lowest BCUT2D eigenvalue weighted by Gasteiger charge is -2.33. The van der Waals surface area contributed by atoms with Crippen molar-refractivity contribution in [1.29, 1.82) is 0 Å². The summed E-state index contributed by atoms with van der Waals surface area (Å²) in [4.78, 5) is 25.6. The molecule has 2 amide bonds. The van der Waals surface area contributed by atoms with Crippen molar-refractivity contribution in [3.8, 4) is 0 Å². The molecule has 5 nitrogen and oxygen atoms in total. The van der Waals surface area contributed by atoms with E-state index in [1.165, 1.54) is 0 Å². The van der Waals surface area contributed by atoms with Gasteiger partial charge in [-0.3, -0.25) is 9.59 Å². The van der Waals surface area contributed by atoms with Crippen LogP contribution in [-0.4, -0.2) is 42.4 Å². The Balaban J connectivity index is 2.35. The average Bonchev–Trinajstić information content (AvgIpc) is 2.46. The summed E-state index contributed by atoms with van der Waals surface area (Å²) < 4.78 is 0. The maximum atomic E-state index is 12.3. The second-order valence-electron chi connectivity index (χ2n) is 6.51. The number of nitrogens with zero attached hydrogens (tertiary/aromatic N) is 1. The molecule has 1 heterocycles. The Morgan fingerprint density at radius 1 is 1.29 bits per heavy atom. The standard InChI is InChI=1S/C16H31N3O2/c1-4-15(20)18-14-5-7-19(8-6-14)16(21)10-13(11-17)9-12(2)3/h12-14H,4-11,17H2,1-3H3,(H,18,20). The third-order valence-electron chi connectivity index (χ3n) is 4.14. The summed E-state index contributed by atoms with van der Waals surface area (Å²) in [5, 5.41) is 3.01. The van der Waals surface area contributed by atoms with Crippen molar-refractivity contribution in [3.63, 3.8) is 0 Å². The molecule has 1 unspecified atom stereocenters. The Kier molecular flexibility index (Phi) is 7.72. The van der Waals surface area contributed by atoms with E-state index in [-0.39, 0.29) is 23.8 Å². The van der Waals surface area contributed by atoms with Crippen LogP contribution in [-0.2, 0) is 9.59 Å². The van der Waals surface area contributed by atoms with Crippen LogP contribution < -0.4 is 11.1 Å². The fourth-order valence-corrected chi connectivity index (χ4v) is 2.91. The van der Waals surface area contributed by atoms with Crippen LogP contribution in [0.25, 0.3) is 0 Å². The predicted molar refractivity (Wildman–Crippen MR) is 84.7 cm³/mol. The summed E-state index contributed by atoms with van der Waals surface area (Å²) in [6.45, 7) is 8.24. The normalized spacial score (nSPS) is 17.9. The molecule has 1 aliphatic heterocycles. The molecule has 1 atom stereocenters. The Hall–Kier alpha value is -1.10. The van der Waals surface area contributed by atoms with E-state index >= 15 is 0 Å². The lowest BCUT2D eigenvalue weighted by molar-refractivity contribution is -0.133. The molecule has 5 heteroatoms. The molecule has 122 valence electrons. The number of rotatable bonds is 7. The molecule has 1 fully saturated rings. The molecule has 3 N–H and O–H groups in total. The van der Waals surface area contributed by atoms with Gasteiger partial charge in [-0.1, -0.05) is 20.8 Å². The largest absolute Gasteiger partial charge is 0.353 e. The average molecular weight is 297 g/mol. The monoisotopic (exact) mass is 297 g/mol. The third kappa shape index (κ3) is 6.46. The molecular weight excluding hydrogens is 266 g/mol. The summed E-state index contributed by atoms with van der Waals surface area (Å²) in [7, 11) is 0. The minimum atomic E-state index is 0.0971. The first-order valence-corrected chi connectivity index (χ1v) is 8.23. The van der Waals surface area contributed by atoms with Gasteiger partial charge in [0.15, 0.2) is 0 Å². The van der Waals surface area contributed by atoms with E-state index in [2.05, 4.69) is 19.2 Å². The number of hydrogen-bond acceptors (Lipinski definition) is 3. The fraction of sp³-hybridized carbons (Fsp3) is 0.875. The maximum Gasteiger partial charge on any atom is 0.222 e. The quantitative estimate of drug-likeness (QED) is 0.748. The fourth-order valence-electron chi connectivity index (χ4n) is 2.91. The summed E-state index contributed by atoms with van der Waals surface area (Å²) >= 11 is 0. The first-order chi connectivity index (χ1) is 9.96. The van der Waals surface area contributed by atoms with Crippen LogP contribution in [0.15, 0.2) is 0 Å². The van der Waals surface area contributed by atoms with E-state index < -0.39 is 0 Å². The SMILES string of the molecule is CCC(=O)NC1CCN(C(=O)CC(CN)CC(C)C)CC1. The summed E-state index contributed by atoms with van der Waals surface area (Å²) in [5.74, 6) is 1.17. The zero-order chi connectivity index (χ0) is 15.8. The number of likely N-dealkylation sites (tertiary alicyclic amines) is 1. The van der Waals surface area contributed by atoms with E-state index in [1.54, 1.807) is 0 Å². The lowest BCUT2D eigenvalue weighted by Crippen LogP contribution is -2.47. The summed E-state index contributed by atoms with van der Waals surface area (Å²) in [6, 6.07) is 0.225. The van der Waals surface area contributed by atoms with Gasteiger partial charge in [0.05, 0.1) is 0 Å². The molecule has 1 rings (SSSR count). The number of hydrogen-bond donors (Lipinski definition) is 2. The minimum Gasteiger partial charge on any atom is -0.353 e. The van der Waals surface area contributed by atoms with Crippen molar-refractivity contribution in [1.82, 2.24) is 10.2 Å². The molecule has 0 spiro atoms. The molecule has 21 heavy (non-hydrogen) atoms. The Morgan fingerprint density at radius 3 is 2.38 bits per heavy atom. The number of nitrogens with one attached hydrogen (secondary N) is 1. The highest BCUT2D eigenvalue weighted by Gasteiger charge is 2.25. The maximum absolute atomic E-state index is 12.3. The van der Waals surface area contributed by atoms with Gasteiger partial charge >= 0.3 is 0 Å². The third-order valence-corrected chi connectivity index (χ3v) is 4.14. The number of carbonyl (C=O) groups excluding carboxylic acids is 2. The molecule has 0 aromatic rings. The molecule has 0 aromatic heterocycles. The van der Waals surface area contributed by atoms with E-state index in [0.29, 0.717) is 25.3 Å². The molecule has 1 aliphatic rings. The van der Waals surface area contributed by atoms with Gasteiger partial charge in [-0.15, -0.1) is 0 Å². The first-order valence-electron chi connectivity index (χ1n) is 8.23. The van der Waals surface area contributed by atoms with Crippen molar-refractivity contribution in [3.05, 3.63) is 0 Å². The number of amides is 2. The molecule has 0 aromatic carbocycles. The molecule has 0 bridgehead atoms. The smallest absolute Gasteiger partial charge is 0.222 e. The van der Waals surface area contributed by atoms with Gasteiger partial charge in [0.25, 0.3) is 0 Å². The molecule has 0 aliphatic carbocycles. The number of carbonyl (C=O) groups is 2. The molecule has 0 saturated carbocycles. The second kappa shape index (κ2) is 9.03. The van der Waals surface area contributed by atoms with E-state index in [9.17, 15) is 9.59 Å². The zero-order valence-electron chi connectivity index (χ0n) is 13.7. The van der Waals surface area contributed by atoms with Crippen molar-refractivity contribution < 1.29 is 9.59 Å². The first kappa shape index (κ1) is 18.0. The topological polar surface area (TPSA) is 75.4 Å². The summed E-state index contributed by atoms with van der Waals surface area (Å²) in [6.07, 6.45) is 3.79. The van der Waals surface area contributed by atoms with Gasteiger partial charge < -0.3 is 16.0 Å². The van der Waals surface area contributed by atoms with Crippen molar-refractivity contribution in [2.24, 2.45) is 17.6 Å². The van der Waals surface area contributed by atoms with Gasteiger partial charge in [-0.25, -0.2) is 0 Å². The van der Waals surface area contributed by atoms with Crippen LogP contribution in [0.3, 0.4) is 0 Å². The number of piperidine rings is 1. The number of nitrogens with two attached hydrogens (primary N) is 1. The van der Waals surface area contributed by atoms with Crippen molar-refractivity contribution in [2.45, 2.75) is 58.9 Å². The van der Waals surface area contributed by atoms with Crippen LogP contribution in [0, 0.1) is 11.8 Å². The van der Waals surface area contributed by atoms with Crippen LogP contribution in [0.4, 0.5) is 0 Å². The highest BCUT2D eigenvalue weighted by molar-refractivity contribution is 5.77. The van der Waals surface area contributed by atoms with E-state index in [1.807, 2.05) is 11.8 Å². The van der Waals surface area contributed by atoms with Gasteiger partial charge in [0.1, 0.15) is 0 Å². The zero-order valence-corrected chi connectivity index (χ0v) is 13.7. The van der Waals surface area contributed by atoms with Gasteiger partial charge in [0.2, 0.25) is 11.8 Å². The Bertz CT molecular complexity index is 336. The summed E-state index contributed by atoms with van der Waals surface area (Å²) in [5.41, 5.74) is 5.77.